The van der Waals surface area contributed by atoms with E-state index in [-0.39, 0.29) is 0 Å². The van der Waals surface area contributed by atoms with E-state index in [9.17, 15) is 14.4 Å². The number of rotatable bonds is 11. The normalized spacial score (nSPS) is 14.1. The number of carbonyl (C=O) groups is 3. The molecular formula is C28H28O8. The molecule has 0 saturated heterocycles. The van der Waals surface area contributed by atoms with Crippen molar-refractivity contribution >= 4 is 17.9 Å². The molecule has 0 saturated carbocycles. The Morgan fingerprint density at radius 3 is 1.31 bits per heavy atom. The molecule has 0 spiro atoms. The van der Waals surface area contributed by atoms with Crippen LogP contribution in [0.5, 0.6) is 0 Å². The molecule has 0 aliphatic carbocycles. The van der Waals surface area contributed by atoms with Crippen molar-refractivity contribution in [2.45, 2.75) is 24.4 Å². The first kappa shape index (κ1) is 26.6. The highest BCUT2D eigenvalue weighted by Gasteiger charge is 2.40. The summed E-state index contributed by atoms with van der Waals surface area (Å²) in [4.78, 5) is 39.2. The van der Waals surface area contributed by atoms with E-state index in [1.54, 1.807) is 91.0 Å². The second-order valence-electron chi connectivity index (χ2n) is 7.70. The largest absolute Gasteiger partial charge is 0.466 e. The van der Waals surface area contributed by atoms with Crippen LogP contribution in [0.2, 0.25) is 0 Å². The molecule has 3 rings (SSSR count). The maximum atomic E-state index is 13.2. The van der Waals surface area contributed by atoms with E-state index in [0.29, 0.717) is 16.7 Å². The Morgan fingerprint density at radius 1 is 0.528 bits per heavy atom. The van der Waals surface area contributed by atoms with Crippen LogP contribution >= 0.6 is 0 Å². The van der Waals surface area contributed by atoms with Crippen LogP contribution in [0.4, 0.5) is 0 Å². The molecule has 0 heterocycles. The van der Waals surface area contributed by atoms with E-state index in [1.165, 1.54) is 14.2 Å². The number of benzene rings is 3. The molecule has 4 atom stereocenters. The molecule has 0 unspecified atom stereocenters. The third-order valence-electron chi connectivity index (χ3n) is 5.43. The molecule has 0 fully saturated rings. The summed E-state index contributed by atoms with van der Waals surface area (Å²) in [7, 11) is 3.88. The van der Waals surface area contributed by atoms with Crippen LogP contribution < -0.4 is 0 Å². The highest BCUT2D eigenvalue weighted by Crippen LogP contribution is 2.30. The number of carbonyl (C=O) groups excluding carboxylic acids is 3. The molecule has 188 valence electrons. The Labute approximate surface area is 209 Å². The molecule has 0 aliphatic rings. The summed E-state index contributed by atoms with van der Waals surface area (Å²) >= 11 is 0. The third kappa shape index (κ3) is 6.56. The summed E-state index contributed by atoms with van der Waals surface area (Å²) in [6.45, 7) is 0. The van der Waals surface area contributed by atoms with E-state index in [4.69, 9.17) is 23.7 Å². The average molecular weight is 493 g/mol. The van der Waals surface area contributed by atoms with Crippen LogP contribution in [0.15, 0.2) is 91.0 Å². The predicted octanol–water partition coefficient (Wildman–Crippen LogP) is 4.13. The van der Waals surface area contributed by atoms with E-state index >= 15 is 0 Å². The lowest BCUT2D eigenvalue weighted by molar-refractivity contribution is -0.190. The van der Waals surface area contributed by atoms with Crippen LogP contribution in [-0.4, -0.2) is 45.3 Å². The van der Waals surface area contributed by atoms with Gasteiger partial charge in [-0.2, -0.15) is 0 Å². The van der Waals surface area contributed by atoms with Crippen molar-refractivity contribution in [3.63, 3.8) is 0 Å². The minimum absolute atomic E-state index is 0.422. The fraction of sp³-hybridized carbons (Fsp3) is 0.250. The van der Waals surface area contributed by atoms with Crippen LogP contribution in [0.25, 0.3) is 0 Å². The maximum absolute atomic E-state index is 13.2. The quantitative estimate of drug-likeness (QED) is 0.291. The van der Waals surface area contributed by atoms with Gasteiger partial charge in [0.1, 0.15) is 0 Å². The van der Waals surface area contributed by atoms with Crippen molar-refractivity contribution in [3.8, 4) is 0 Å². The number of hydrogen-bond donors (Lipinski definition) is 0. The Bertz CT molecular complexity index is 1120. The van der Waals surface area contributed by atoms with Crippen molar-refractivity contribution in [2.75, 3.05) is 21.3 Å². The Morgan fingerprint density at radius 2 is 0.917 bits per heavy atom. The lowest BCUT2D eigenvalue weighted by atomic mass is 10.0. The summed E-state index contributed by atoms with van der Waals surface area (Å²) in [5, 5.41) is 0. The minimum Gasteiger partial charge on any atom is -0.466 e. The van der Waals surface area contributed by atoms with Crippen LogP contribution in [0.3, 0.4) is 0 Å². The van der Waals surface area contributed by atoms with Gasteiger partial charge in [-0.25, -0.2) is 14.4 Å². The lowest BCUT2D eigenvalue weighted by Crippen LogP contribution is -2.39. The van der Waals surface area contributed by atoms with Gasteiger partial charge in [-0.15, -0.1) is 0 Å². The van der Waals surface area contributed by atoms with Gasteiger partial charge in [0.05, 0.1) is 7.11 Å². The van der Waals surface area contributed by atoms with Crippen molar-refractivity contribution in [2.24, 2.45) is 0 Å². The molecule has 0 amide bonds. The monoisotopic (exact) mass is 492 g/mol. The Balaban J connectivity index is 1.94. The van der Waals surface area contributed by atoms with Gasteiger partial charge in [0.2, 0.25) is 6.10 Å². The summed E-state index contributed by atoms with van der Waals surface area (Å²) in [6, 6.07) is 25.9. The number of methoxy groups -OCH3 is 3. The topological polar surface area (TPSA) is 97.4 Å². The van der Waals surface area contributed by atoms with Gasteiger partial charge in [-0.1, -0.05) is 91.0 Å². The number of esters is 3. The molecule has 8 heteroatoms. The van der Waals surface area contributed by atoms with E-state index in [1.807, 2.05) is 0 Å². The highest BCUT2D eigenvalue weighted by molar-refractivity contribution is 5.83. The van der Waals surface area contributed by atoms with Gasteiger partial charge < -0.3 is 23.7 Å². The first-order valence-corrected chi connectivity index (χ1v) is 11.2. The fourth-order valence-corrected chi connectivity index (χ4v) is 3.66. The minimum atomic E-state index is -1.61. The van der Waals surface area contributed by atoms with Gasteiger partial charge in [0, 0.05) is 14.2 Å². The number of hydrogen-bond acceptors (Lipinski definition) is 8. The molecule has 8 nitrogen and oxygen atoms in total. The molecule has 36 heavy (non-hydrogen) atoms. The first-order chi connectivity index (χ1) is 17.5. The molecule has 3 aromatic rings. The zero-order valence-electron chi connectivity index (χ0n) is 20.2. The van der Waals surface area contributed by atoms with Crippen molar-refractivity contribution in [3.05, 3.63) is 108 Å². The molecule has 0 aromatic heterocycles. The van der Waals surface area contributed by atoms with Crippen molar-refractivity contribution in [1.29, 1.82) is 0 Å². The van der Waals surface area contributed by atoms with Crippen molar-refractivity contribution in [1.82, 2.24) is 0 Å². The number of ether oxygens (including phenoxy) is 5. The Hall–Kier alpha value is -4.01. The van der Waals surface area contributed by atoms with Gasteiger partial charge in [0.15, 0.2) is 18.3 Å². The highest BCUT2D eigenvalue weighted by atomic mass is 16.6. The Kier molecular flexibility index (Phi) is 9.73. The first-order valence-electron chi connectivity index (χ1n) is 11.2. The molecule has 0 bridgehead atoms. The molecule has 0 N–H and O–H groups in total. The fourth-order valence-electron chi connectivity index (χ4n) is 3.66. The van der Waals surface area contributed by atoms with E-state index in [2.05, 4.69) is 0 Å². The molecular weight excluding hydrogens is 464 g/mol. The zero-order valence-corrected chi connectivity index (χ0v) is 20.2. The maximum Gasteiger partial charge on any atom is 0.351 e. The predicted molar refractivity (Wildman–Crippen MR) is 130 cm³/mol. The zero-order chi connectivity index (χ0) is 25.9. The summed E-state index contributed by atoms with van der Waals surface area (Å²) in [5.41, 5.74) is 1.52. The van der Waals surface area contributed by atoms with Gasteiger partial charge in [0.25, 0.3) is 0 Å². The second kappa shape index (κ2) is 13.2. The van der Waals surface area contributed by atoms with Gasteiger partial charge >= 0.3 is 17.9 Å². The van der Waals surface area contributed by atoms with E-state index < -0.39 is 42.3 Å². The van der Waals surface area contributed by atoms with Gasteiger partial charge in [-0.3, -0.25) is 0 Å². The lowest BCUT2D eigenvalue weighted by Gasteiger charge is -2.28. The standard InChI is InChI=1S/C28H28O8/c1-32-23(20-15-9-5-10-16-20)27(30)35-22(19-13-7-4-8-14-19)25(26(29)34-3)36-28(31)24(33-2)21-17-11-6-12-18-21/h4-18,22-25H,1-3H3/t22-,23-,24-,25-/m0/s1. The van der Waals surface area contributed by atoms with Crippen LogP contribution in [0.1, 0.15) is 35.0 Å². The molecule has 0 radical (unpaired) electrons. The summed E-state index contributed by atoms with van der Waals surface area (Å²) in [6.07, 6.45) is -5.10. The van der Waals surface area contributed by atoms with E-state index in [0.717, 1.165) is 7.11 Å². The van der Waals surface area contributed by atoms with Crippen LogP contribution in [0, 0.1) is 0 Å². The van der Waals surface area contributed by atoms with Gasteiger partial charge in [-0.05, 0) is 16.7 Å². The second-order valence-corrected chi connectivity index (χ2v) is 7.70. The average Bonchev–Trinajstić information content (AvgIpc) is 2.92. The van der Waals surface area contributed by atoms with Crippen LogP contribution in [-0.2, 0) is 38.1 Å². The SMILES string of the molecule is COC(=O)[C@@H](OC(=O)[C@@H](OC)c1ccccc1)[C@@H](OC(=O)[C@@H](OC)c1ccccc1)c1ccccc1. The summed E-state index contributed by atoms with van der Waals surface area (Å²) < 4.78 is 27.0. The summed E-state index contributed by atoms with van der Waals surface area (Å²) in [5.74, 6) is -2.52. The molecule has 0 aliphatic heterocycles. The smallest absolute Gasteiger partial charge is 0.351 e. The van der Waals surface area contributed by atoms with Crippen molar-refractivity contribution < 1.29 is 38.1 Å². The third-order valence-corrected chi connectivity index (χ3v) is 5.43. The molecule has 3 aromatic carbocycles.